The summed E-state index contributed by atoms with van der Waals surface area (Å²) in [7, 11) is 0. The predicted octanol–water partition coefficient (Wildman–Crippen LogP) is -0.107. The number of amides is 4. The molecule has 0 bridgehead atoms. The van der Waals surface area contributed by atoms with Crippen LogP contribution < -0.4 is 22.1 Å². The molecule has 0 aliphatic heterocycles. The SMILES string of the molecule is N#Cc1ccc(C(NC(N)=O)NC(N)=O)cc1. The number of nitrogens with one attached hydrogen (secondary N) is 2. The van der Waals surface area contributed by atoms with Crippen LogP contribution in [0.25, 0.3) is 0 Å². The number of carbonyl (C=O) groups excluding carboxylic acids is 2. The summed E-state index contributed by atoms with van der Waals surface area (Å²) in [6.45, 7) is 0. The number of rotatable bonds is 3. The zero-order valence-corrected chi connectivity index (χ0v) is 8.81. The van der Waals surface area contributed by atoms with Gasteiger partial charge in [0.15, 0.2) is 0 Å². The van der Waals surface area contributed by atoms with E-state index in [0.29, 0.717) is 11.1 Å². The van der Waals surface area contributed by atoms with Crippen molar-refractivity contribution in [3.05, 3.63) is 35.4 Å². The molecule has 4 amide bonds. The highest BCUT2D eigenvalue weighted by Gasteiger charge is 2.13. The van der Waals surface area contributed by atoms with Crippen molar-refractivity contribution in [2.24, 2.45) is 11.5 Å². The number of nitrogens with two attached hydrogens (primary N) is 2. The summed E-state index contributed by atoms with van der Waals surface area (Å²) in [5.41, 5.74) is 11.0. The first-order chi connectivity index (χ1) is 8.02. The Balaban J connectivity index is 2.91. The van der Waals surface area contributed by atoms with Gasteiger partial charge in [0.25, 0.3) is 0 Å². The van der Waals surface area contributed by atoms with E-state index in [0.717, 1.165) is 0 Å². The summed E-state index contributed by atoms with van der Waals surface area (Å²) in [6.07, 6.45) is -0.822. The van der Waals surface area contributed by atoms with Crippen molar-refractivity contribution >= 4 is 12.1 Å². The van der Waals surface area contributed by atoms with Gasteiger partial charge in [0.1, 0.15) is 6.17 Å². The fraction of sp³-hybridized carbons (Fsp3) is 0.100. The summed E-state index contributed by atoms with van der Waals surface area (Å²) in [4.78, 5) is 21.5. The van der Waals surface area contributed by atoms with Crippen molar-refractivity contribution in [1.82, 2.24) is 10.6 Å². The third-order valence-electron chi connectivity index (χ3n) is 1.95. The van der Waals surface area contributed by atoms with Crippen LogP contribution in [-0.2, 0) is 0 Å². The van der Waals surface area contributed by atoms with Crippen molar-refractivity contribution in [3.8, 4) is 6.07 Å². The Hall–Kier alpha value is -2.75. The highest BCUT2D eigenvalue weighted by molar-refractivity contribution is 5.75. The summed E-state index contributed by atoms with van der Waals surface area (Å²) < 4.78 is 0. The van der Waals surface area contributed by atoms with E-state index in [-0.39, 0.29) is 0 Å². The maximum absolute atomic E-state index is 10.8. The lowest BCUT2D eigenvalue weighted by Gasteiger charge is -2.18. The van der Waals surface area contributed by atoms with Crippen LogP contribution in [0.3, 0.4) is 0 Å². The van der Waals surface area contributed by atoms with Gasteiger partial charge in [-0.2, -0.15) is 5.26 Å². The number of benzene rings is 1. The minimum Gasteiger partial charge on any atom is -0.352 e. The Morgan fingerprint density at radius 1 is 1.12 bits per heavy atom. The number of hydrogen-bond donors (Lipinski definition) is 4. The average molecular weight is 233 g/mol. The molecule has 88 valence electrons. The van der Waals surface area contributed by atoms with E-state index >= 15 is 0 Å². The van der Waals surface area contributed by atoms with Crippen LogP contribution in [0.5, 0.6) is 0 Å². The van der Waals surface area contributed by atoms with Crippen molar-refractivity contribution < 1.29 is 9.59 Å². The minimum absolute atomic E-state index is 0.464. The maximum Gasteiger partial charge on any atom is 0.314 e. The molecule has 0 saturated heterocycles. The number of primary amides is 2. The van der Waals surface area contributed by atoms with Gasteiger partial charge in [-0.05, 0) is 17.7 Å². The van der Waals surface area contributed by atoms with Gasteiger partial charge in [-0.1, -0.05) is 12.1 Å². The van der Waals surface area contributed by atoms with Crippen LogP contribution in [-0.4, -0.2) is 12.1 Å². The fourth-order valence-corrected chi connectivity index (χ4v) is 1.24. The van der Waals surface area contributed by atoms with Crippen molar-refractivity contribution in [1.29, 1.82) is 5.26 Å². The normalized spacial score (nSPS) is 9.41. The number of nitrogens with zero attached hydrogens (tertiary/aromatic N) is 1. The minimum atomic E-state index is -0.822. The number of hydrogen-bond acceptors (Lipinski definition) is 3. The van der Waals surface area contributed by atoms with Gasteiger partial charge in [0, 0.05) is 0 Å². The first-order valence-corrected chi connectivity index (χ1v) is 4.65. The van der Waals surface area contributed by atoms with Crippen LogP contribution in [0.4, 0.5) is 9.59 Å². The van der Waals surface area contributed by atoms with Crippen LogP contribution in [0.1, 0.15) is 17.3 Å². The molecular formula is C10H11N5O2. The fourth-order valence-electron chi connectivity index (χ4n) is 1.24. The van der Waals surface area contributed by atoms with E-state index in [1.54, 1.807) is 24.3 Å². The topological polar surface area (TPSA) is 134 Å². The maximum atomic E-state index is 10.8. The van der Waals surface area contributed by atoms with Crippen molar-refractivity contribution in [2.75, 3.05) is 0 Å². The largest absolute Gasteiger partial charge is 0.352 e. The molecule has 7 nitrogen and oxygen atoms in total. The summed E-state index contributed by atoms with van der Waals surface area (Å²) in [5.74, 6) is 0. The Bertz CT molecular complexity index is 447. The average Bonchev–Trinajstić information content (AvgIpc) is 2.27. The van der Waals surface area contributed by atoms with Gasteiger partial charge in [0.2, 0.25) is 0 Å². The van der Waals surface area contributed by atoms with E-state index in [2.05, 4.69) is 10.6 Å². The smallest absolute Gasteiger partial charge is 0.314 e. The molecule has 0 heterocycles. The van der Waals surface area contributed by atoms with Crippen LogP contribution >= 0.6 is 0 Å². The van der Waals surface area contributed by atoms with Crippen LogP contribution in [0.2, 0.25) is 0 Å². The quantitative estimate of drug-likeness (QED) is 0.542. The Kier molecular flexibility index (Phi) is 3.89. The first kappa shape index (κ1) is 12.3. The summed E-state index contributed by atoms with van der Waals surface area (Å²) in [6, 6.07) is 6.61. The molecule has 0 atom stereocenters. The lowest BCUT2D eigenvalue weighted by molar-refractivity contribution is 0.235. The third kappa shape index (κ3) is 3.71. The molecule has 17 heavy (non-hydrogen) atoms. The molecule has 6 N–H and O–H groups in total. The molecule has 7 heteroatoms. The van der Waals surface area contributed by atoms with Crippen molar-refractivity contribution in [3.63, 3.8) is 0 Å². The second kappa shape index (κ2) is 5.37. The number of urea groups is 2. The highest BCUT2D eigenvalue weighted by Crippen LogP contribution is 2.11. The lowest BCUT2D eigenvalue weighted by Crippen LogP contribution is -2.45. The molecule has 1 aromatic carbocycles. The molecule has 1 aromatic rings. The monoisotopic (exact) mass is 233 g/mol. The van der Waals surface area contributed by atoms with Crippen LogP contribution in [0, 0.1) is 11.3 Å². The van der Waals surface area contributed by atoms with Gasteiger partial charge < -0.3 is 22.1 Å². The summed E-state index contributed by atoms with van der Waals surface area (Å²) in [5, 5.41) is 13.2. The standard InChI is InChI=1S/C10H11N5O2/c11-5-6-1-3-7(4-2-6)8(14-9(12)16)15-10(13)17/h1-4,8H,(H3,12,14,16)(H3,13,15,17). The molecule has 0 fully saturated rings. The molecular weight excluding hydrogens is 222 g/mol. The lowest BCUT2D eigenvalue weighted by atomic mass is 10.1. The Labute approximate surface area is 97.4 Å². The van der Waals surface area contributed by atoms with E-state index in [1.165, 1.54) is 0 Å². The van der Waals surface area contributed by atoms with Crippen LogP contribution in [0.15, 0.2) is 24.3 Å². The second-order valence-corrected chi connectivity index (χ2v) is 3.18. The van der Waals surface area contributed by atoms with Gasteiger partial charge in [-0.25, -0.2) is 9.59 Å². The number of nitriles is 1. The predicted molar refractivity (Wildman–Crippen MR) is 59.3 cm³/mol. The molecule has 0 aliphatic carbocycles. The zero-order chi connectivity index (χ0) is 12.8. The molecule has 0 spiro atoms. The van der Waals surface area contributed by atoms with Gasteiger partial charge in [-0.15, -0.1) is 0 Å². The molecule has 0 radical (unpaired) electrons. The molecule has 0 aromatic heterocycles. The van der Waals surface area contributed by atoms with E-state index < -0.39 is 18.2 Å². The molecule has 0 unspecified atom stereocenters. The molecule has 0 saturated carbocycles. The zero-order valence-electron chi connectivity index (χ0n) is 8.81. The van der Waals surface area contributed by atoms with E-state index in [4.69, 9.17) is 16.7 Å². The van der Waals surface area contributed by atoms with E-state index in [9.17, 15) is 9.59 Å². The summed E-state index contributed by atoms with van der Waals surface area (Å²) >= 11 is 0. The number of carbonyl (C=O) groups is 2. The first-order valence-electron chi connectivity index (χ1n) is 4.65. The Morgan fingerprint density at radius 2 is 1.59 bits per heavy atom. The molecule has 1 rings (SSSR count). The second-order valence-electron chi connectivity index (χ2n) is 3.18. The Morgan fingerprint density at radius 3 is 1.94 bits per heavy atom. The van der Waals surface area contributed by atoms with Gasteiger partial charge >= 0.3 is 12.1 Å². The third-order valence-corrected chi connectivity index (χ3v) is 1.95. The highest BCUT2D eigenvalue weighted by atomic mass is 16.2. The molecule has 0 aliphatic rings. The van der Waals surface area contributed by atoms with Crippen molar-refractivity contribution in [2.45, 2.75) is 6.17 Å². The van der Waals surface area contributed by atoms with Gasteiger partial charge in [0.05, 0.1) is 11.6 Å². The van der Waals surface area contributed by atoms with E-state index in [1.807, 2.05) is 6.07 Å². The van der Waals surface area contributed by atoms with Gasteiger partial charge in [-0.3, -0.25) is 0 Å².